The van der Waals surface area contributed by atoms with Gasteiger partial charge in [-0.05, 0) is 35.9 Å². The molecule has 3 aromatic rings. The van der Waals surface area contributed by atoms with Gasteiger partial charge in [0.05, 0.1) is 25.4 Å². The van der Waals surface area contributed by atoms with E-state index in [1.54, 1.807) is 30.3 Å². The van der Waals surface area contributed by atoms with Crippen LogP contribution in [0.1, 0.15) is 21.5 Å². The van der Waals surface area contributed by atoms with Crippen LogP contribution in [-0.2, 0) is 11.3 Å². The molecule has 0 spiro atoms. The highest BCUT2D eigenvalue weighted by Crippen LogP contribution is 2.26. The van der Waals surface area contributed by atoms with Gasteiger partial charge in [0.25, 0.3) is 5.91 Å². The molecule has 156 valence electrons. The van der Waals surface area contributed by atoms with Gasteiger partial charge in [-0.15, -0.1) is 0 Å². The van der Waals surface area contributed by atoms with Gasteiger partial charge in [-0.1, -0.05) is 17.9 Å². The summed E-state index contributed by atoms with van der Waals surface area (Å²) in [5.74, 6) is 6.45. The number of imide groups is 1. The molecule has 1 aliphatic rings. The molecule has 2 aromatic carbocycles. The van der Waals surface area contributed by atoms with Crippen molar-refractivity contribution in [1.82, 2.24) is 25.7 Å². The highest BCUT2D eigenvalue weighted by molar-refractivity contribution is 5.98. The zero-order valence-electron chi connectivity index (χ0n) is 16.6. The maximum Gasteiger partial charge on any atom is 0.322 e. The fraction of sp³-hybridized carbons (Fsp3) is 0.182. The SMILES string of the molecule is COc1ccc2c(c1)C(=O)N(C[C@@H](C#Cc1ccc3[nH]ncc3c1)NC(=O)NC=O)C2. The van der Waals surface area contributed by atoms with Crippen LogP contribution in [0.2, 0.25) is 0 Å². The van der Waals surface area contributed by atoms with E-state index >= 15 is 0 Å². The van der Waals surface area contributed by atoms with Gasteiger partial charge in [0.1, 0.15) is 11.8 Å². The summed E-state index contributed by atoms with van der Waals surface area (Å²) in [4.78, 5) is 36.9. The lowest BCUT2D eigenvalue weighted by atomic mass is 10.1. The Morgan fingerprint density at radius 2 is 2.23 bits per heavy atom. The first-order valence-corrected chi connectivity index (χ1v) is 9.49. The van der Waals surface area contributed by atoms with Crippen LogP contribution >= 0.6 is 0 Å². The largest absolute Gasteiger partial charge is 0.497 e. The highest BCUT2D eigenvalue weighted by Gasteiger charge is 2.29. The Morgan fingerprint density at radius 1 is 1.35 bits per heavy atom. The molecule has 0 fully saturated rings. The fourth-order valence-corrected chi connectivity index (χ4v) is 3.41. The van der Waals surface area contributed by atoms with Crippen molar-refractivity contribution in [2.45, 2.75) is 12.6 Å². The van der Waals surface area contributed by atoms with E-state index in [9.17, 15) is 14.4 Å². The number of rotatable bonds is 5. The van der Waals surface area contributed by atoms with Gasteiger partial charge in [0, 0.05) is 23.1 Å². The van der Waals surface area contributed by atoms with Gasteiger partial charge in [0.15, 0.2) is 0 Å². The Kier molecular flexibility index (Phi) is 5.53. The molecule has 0 radical (unpaired) electrons. The minimum atomic E-state index is -0.694. The molecule has 9 nitrogen and oxygen atoms in total. The van der Waals surface area contributed by atoms with Crippen molar-refractivity contribution < 1.29 is 19.1 Å². The number of urea groups is 1. The summed E-state index contributed by atoms with van der Waals surface area (Å²) < 4.78 is 5.20. The van der Waals surface area contributed by atoms with Crippen molar-refractivity contribution in [2.24, 2.45) is 0 Å². The van der Waals surface area contributed by atoms with E-state index < -0.39 is 12.1 Å². The number of amides is 4. The zero-order valence-corrected chi connectivity index (χ0v) is 16.6. The summed E-state index contributed by atoms with van der Waals surface area (Å²) in [5, 5.41) is 12.4. The molecule has 0 aliphatic carbocycles. The van der Waals surface area contributed by atoms with E-state index in [1.807, 2.05) is 29.6 Å². The third kappa shape index (κ3) is 4.33. The monoisotopic (exact) mass is 417 g/mol. The first-order valence-electron chi connectivity index (χ1n) is 9.49. The number of hydrogen-bond acceptors (Lipinski definition) is 5. The van der Waals surface area contributed by atoms with E-state index in [0.29, 0.717) is 17.9 Å². The number of methoxy groups -OCH3 is 1. The van der Waals surface area contributed by atoms with Crippen LogP contribution in [0.4, 0.5) is 4.79 Å². The topological polar surface area (TPSA) is 116 Å². The molecule has 0 saturated heterocycles. The van der Waals surface area contributed by atoms with Crippen molar-refractivity contribution >= 4 is 29.3 Å². The first-order chi connectivity index (χ1) is 15.1. The van der Waals surface area contributed by atoms with Gasteiger partial charge >= 0.3 is 6.03 Å². The smallest absolute Gasteiger partial charge is 0.322 e. The van der Waals surface area contributed by atoms with E-state index in [0.717, 1.165) is 22.0 Å². The van der Waals surface area contributed by atoms with Crippen LogP contribution in [0.25, 0.3) is 10.9 Å². The van der Waals surface area contributed by atoms with Crippen LogP contribution in [0.15, 0.2) is 42.6 Å². The van der Waals surface area contributed by atoms with Gasteiger partial charge in [0.2, 0.25) is 6.41 Å². The van der Waals surface area contributed by atoms with Crippen molar-refractivity contribution in [2.75, 3.05) is 13.7 Å². The second kappa shape index (κ2) is 8.59. The second-order valence-corrected chi connectivity index (χ2v) is 6.94. The number of carbonyl (C=O) groups excluding carboxylic acids is 3. The number of nitrogens with zero attached hydrogens (tertiary/aromatic N) is 2. The average molecular weight is 417 g/mol. The van der Waals surface area contributed by atoms with Crippen LogP contribution < -0.4 is 15.4 Å². The molecule has 4 amide bonds. The lowest BCUT2D eigenvalue weighted by Crippen LogP contribution is -2.46. The fourth-order valence-electron chi connectivity index (χ4n) is 3.41. The Labute approximate surface area is 177 Å². The number of benzene rings is 2. The summed E-state index contributed by atoms with van der Waals surface area (Å²) >= 11 is 0. The number of H-pyrrole nitrogens is 1. The van der Waals surface area contributed by atoms with Gasteiger partial charge < -0.3 is 15.0 Å². The van der Waals surface area contributed by atoms with E-state index in [4.69, 9.17) is 4.74 Å². The van der Waals surface area contributed by atoms with Gasteiger partial charge in [-0.25, -0.2) is 4.79 Å². The molecule has 0 unspecified atom stereocenters. The molecule has 31 heavy (non-hydrogen) atoms. The number of carbonyl (C=O) groups is 3. The molecule has 3 N–H and O–H groups in total. The Balaban J connectivity index is 1.55. The minimum Gasteiger partial charge on any atom is -0.497 e. The second-order valence-electron chi connectivity index (χ2n) is 6.94. The number of aromatic amines is 1. The summed E-state index contributed by atoms with van der Waals surface area (Å²) in [6.45, 7) is 0.553. The summed E-state index contributed by atoms with van der Waals surface area (Å²) in [6.07, 6.45) is 1.98. The molecule has 1 aliphatic heterocycles. The van der Waals surface area contributed by atoms with Crippen molar-refractivity contribution in [3.63, 3.8) is 0 Å². The standard InChI is InChI=1S/C22H19N5O4/c1-31-18-6-4-15-11-27(21(29)19(15)9-18)12-17(25-22(30)23-13-28)5-2-14-3-7-20-16(8-14)10-24-26-20/h3-4,6-10,13,17H,11-12H2,1H3,(H,24,26)(H2,23,25,28,30)/t17-/m1/s1. The number of fused-ring (bicyclic) bond motifs is 2. The molecule has 0 saturated carbocycles. The summed E-state index contributed by atoms with van der Waals surface area (Å²) in [7, 11) is 1.54. The van der Waals surface area contributed by atoms with Crippen LogP contribution in [0.3, 0.4) is 0 Å². The zero-order chi connectivity index (χ0) is 21.8. The Morgan fingerprint density at radius 3 is 3.03 bits per heavy atom. The van der Waals surface area contributed by atoms with Crippen LogP contribution in [0.5, 0.6) is 5.75 Å². The molecule has 2 heterocycles. The minimum absolute atomic E-state index is 0.156. The van der Waals surface area contributed by atoms with Crippen molar-refractivity contribution in [1.29, 1.82) is 0 Å². The van der Waals surface area contributed by atoms with Crippen molar-refractivity contribution in [3.05, 3.63) is 59.3 Å². The highest BCUT2D eigenvalue weighted by atomic mass is 16.5. The molecule has 9 heteroatoms. The molecule has 0 bridgehead atoms. The average Bonchev–Trinajstić information content (AvgIpc) is 3.36. The van der Waals surface area contributed by atoms with Gasteiger partial charge in [-0.3, -0.25) is 20.0 Å². The van der Waals surface area contributed by atoms with E-state index in [1.165, 1.54) is 0 Å². The normalized spacial score (nSPS) is 13.2. The van der Waals surface area contributed by atoms with Crippen LogP contribution in [-0.4, -0.2) is 53.1 Å². The number of aromatic nitrogens is 2. The van der Waals surface area contributed by atoms with Crippen LogP contribution in [0, 0.1) is 11.8 Å². The van der Waals surface area contributed by atoms with Crippen molar-refractivity contribution in [3.8, 4) is 17.6 Å². The molecule has 4 rings (SSSR count). The molecule has 1 aromatic heterocycles. The number of hydrogen-bond donors (Lipinski definition) is 3. The molecule has 1 atom stereocenters. The predicted molar refractivity (Wildman–Crippen MR) is 112 cm³/mol. The maximum atomic E-state index is 12.8. The number of ether oxygens (including phenoxy) is 1. The molecular formula is C22H19N5O4. The Hall–Kier alpha value is -4.32. The quantitative estimate of drug-likeness (QED) is 0.429. The molecular weight excluding hydrogens is 398 g/mol. The third-order valence-electron chi connectivity index (χ3n) is 4.93. The third-order valence-corrected chi connectivity index (χ3v) is 4.93. The lowest BCUT2D eigenvalue weighted by Gasteiger charge is -2.21. The van der Waals surface area contributed by atoms with E-state index in [2.05, 4.69) is 27.4 Å². The summed E-state index contributed by atoms with van der Waals surface area (Å²) in [6, 6.07) is 9.53. The number of nitrogens with one attached hydrogen (secondary N) is 3. The first kappa shape index (κ1) is 20.0. The lowest BCUT2D eigenvalue weighted by molar-refractivity contribution is -0.108. The maximum absolute atomic E-state index is 12.8. The Bertz CT molecular complexity index is 1220. The predicted octanol–water partition coefficient (Wildman–Crippen LogP) is 1.40. The van der Waals surface area contributed by atoms with E-state index in [-0.39, 0.29) is 18.9 Å². The van der Waals surface area contributed by atoms with Gasteiger partial charge in [-0.2, -0.15) is 5.10 Å². The summed E-state index contributed by atoms with van der Waals surface area (Å²) in [5.41, 5.74) is 3.06.